The van der Waals surface area contributed by atoms with Crippen LogP contribution in [0.3, 0.4) is 0 Å². The fourth-order valence-electron chi connectivity index (χ4n) is 3.86. The van der Waals surface area contributed by atoms with Crippen molar-refractivity contribution in [3.05, 3.63) is 42.5 Å². The number of carbonyl (C=O) groups is 1. The summed E-state index contributed by atoms with van der Waals surface area (Å²) in [4.78, 5) is 19.8. The molecular weight excluding hydrogens is 476 g/mol. The van der Waals surface area contributed by atoms with Crippen LogP contribution in [0.15, 0.2) is 47.4 Å². The Kier molecular flexibility index (Phi) is 7.70. The number of ether oxygens (including phenoxy) is 3. The second kappa shape index (κ2) is 10.7. The Morgan fingerprint density at radius 1 is 1.15 bits per heavy atom. The Hall–Kier alpha value is -2.69. The topological polar surface area (TPSA) is 95.0 Å². The van der Waals surface area contributed by atoms with Crippen LogP contribution in [-0.4, -0.2) is 58.5 Å². The molecule has 1 aliphatic heterocycles. The van der Waals surface area contributed by atoms with Crippen molar-refractivity contribution in [1.29, 1.82) is 0 Å². The van der Waals surface area contributed by atoms with E-state index in [1.54, 1.807) is 24.1 Å². The van der Waals surface area contributed by atoms with Crippen molar-refractivity contribution in [2.45, 2.75) is 36.7 Å². The molecule has 1 atom stereocenters. The molecule has 34 heavy (non-hydrogen) atoms. The van der Waals surface area contributed by atoms with Crippen LogP contribution in [0, 0.1) is 0 Å². The van der Waals surface area contributed by atoms with Crippen LogP contribution < -0.4 is 14.4 Å². The maximum atomic E-state index is 13.2. The Labute approximate surface area is 203 Å². The highest BCUT2D eigenvalue weighted by Crippen LogP contribution is 2.32. The molecular formula is C24H28N2O6S2. The van der Waals surface area contributed by atoms with E-state index in [9.17, 15) is 13.2 Å². The molecule has 0 spiro atoms. The number of methoxy groups -OCH3 is 2. The number of amides is 1. The third-order valence-corrected chi connectivity index (χ3v) is 8.61. The number of hydrogen-bond acceptors (Lipinski definition) is 8. The van der Waals surface area contributed by atoms with Gasteiger partial charge in [-0.1, -0.05) is 11.3 Å². The number of carbonyl (C=O) groups excluding carboxylic acids is 1. The van der Waals surface area contributed by atoms with Gasteiger partial charge >= 0.3 is 0 Å². The monoisotopic (exact) mass is 504 g/mol. The molecule has 0 saturated carbocycles. The zero-order valence-electron chi connectivity index (χ0n) is 19.2. The van der Waals surface area contributed by atoms with E-state index in [0.29, 0.717) is 24.0 Å². The fraction of sp³-hybridized carbons (Fsp3) is 0.417. The molecule has 1 saturated heterocycles. The van der Waals surface area contributed by atoms with Gasteiger partial charge in [-0.25, -0.2) is 13.4 Å². The van der Waals surface area contributed by atoms with E-state index in [1.807, 2.05) is 18.2 Å². The first-order chi connectivity index (χ1) is 16.4. The third kappa shape index (κ3) is 5.68. The molecule has 3 aromatic rings. The van der Waals surface area contributed by atoms with Crippen molar-refractivity contribution in [2.24, 2.45) is 0 Å². The molecule has 1 amide bonds. The zero-order valence-corrected chi connectivity index (χ0v) is 20.9. The Morgan fingerprint density at radius 3 is 2.56 bits per heavy atom. The molecule has 4 rings (SSSR count). The van der Waals surface area contributed by atoms with Crippen LogP contribution in [0.25, 0.3) is 10.2 Å². The molecule has 2 heterocycles. The van der Waals surface area contributed by atoms with E-state index in [4.69, 9.17) is 14.2 Å². The van der Waals surface area contributed by atoms with Crippen LogP contribution in [-0.2, 0) is 19.4 Å². The van der Waals surface area contributed by atoms with Gasteiger partial charge in [0, 0.05) is 13.0 Å². The van der Waals surface area contributed by atoms with E-state index in [1.165, 1.54) is 30.6 Å². The minimum Gasteiger partial charge on any atom is -0.497 e. The lowest BCUT2D eigenvalue weighted by Gasteiger charge is -2.23. The van der Waals surface area contributed by atoms with Gasteiger partial charge in [0.05, 0.1) is 47.7 Å². The molecule has 10 heteroatoms. The second-order valence-corrected chi connectivity index (χ2v) is 11.2. The highest BCUT2D eigenvalue weighted by molar-refractivity contribution is 7.91. The standard InChI is InChI=1S/C24H28N2O6S2/c1-30-17-7-10-20(11-8-17)34(28,29)14-4-6-23(27)26(16-19-5-3-13-32-19)24-25-21-12-9-18(31-2)15-22(21)33-24/h7-12,15,19H,3-6,13-14,16H2,1-2H3. The van der Waals surface area contributed by atoms with Gasteiger partial charge in [0.15, 0.2) is 15.0 Å². The lowest BCUT2D eigenvalue weighted by Crippen LogP contribution is -2.37. The highest BCUT2D eigenvalue weighted by atomic mass is 32.2. The SMILES string of the molecule is COc1ccc(S(=O)(=O)CCCC(=O)N(CC2CCCO2)c2nc3ccc(OC)cc3s2)cc1. The van der Waals surface area contributed by atoms with Crippen LogP contribution in [0.2, 0.25) is 0 Å². The van der Waals surface area contributed by atoms with Gasteiger partial charge in [-0.15, -0.1) is 0 Å². The molecule has 8 nitrogen and oxygen atoms in total. The summed E-state index contributed by atoms with van der Waals surface area (Å²) in [5.41, 5.74) is 0.785. The highest BCUT2D eigenvalue weighted by Gasteiger charge is 2.26. The number of benzene rings is 2. The molecule has 2 aromatic carbocycles. The molecule has 1 unspecified atom stereocenters. The summed E-state index contributed by atoms with van der Waals surface area (Å²) in [5.74, 6) is 1.04. The predicted molar refractivity (Wildman–Crippen MR) is 132 cm³/mol. The average Bonchev–Trinajstić information content (AvgIpc) is 3.51. The van der Waals surface area contributed by atoms with Crippen molar-refractivity contribution in [3.63, 3.8) is 0 Å². The molecule has 0 aliphatic carbocycles. The maximum Gasteiger partial charge on any atom is 0.228 e. The fourth-order valence-corrected chi connectivity index (χ4v) is 6.19. The molecule has 1 aromatic heterocycles. The smallest absolute Gasteiger partial charge is 0.228 e. The number of hydrogen-bond donors (Lipinski definition) is 0. The van der Waals surface area contributed by atoms with Crippen LogP contribution >= 0.6 is 11.3 Å². The molecule has 1 aliphatic rings. The second-order valence-electron chi connectivity index (χ2n) is 8.07. The predicted octanol–water partition coefficient (Wildman–Crippen LogP) is 4.08. The Morgan fingerprint density at radius 2 is 1.88 bits per heavy atom. The summed E-state index contributed by atoms with van der Waals surface area (Å²) in [6.07, 6.45) is 2.11. The Balaban J connectivity index is 1.47. The lowest BCUT2D eigenvalue weighted by atomic mass is 10.2. The zero-order chi connectivity index (χ0) is 24.1. The number of nitrogens with zero attached hydrogens (tertiary/aromatic N) is 2. The van der Waals surface area contributed by atoms with Crippen LogP contribution in [0.5, 0.6) is 11.5 Å². The van der Waals surface area contributed by atoms with Gasteiger partial charge in [0.1, 0.15) is 11.5 Å². The van der Waals surface area contributed by atoms with Crippen molar-refractivity contribution in [1.82, 2.24) is 4.98 Å². The number of rotatable bonds is 10. The summed E-state index contributed by atoms with van der Waals surface area (Å²) in [5, 5.41) is 0.585. The van der Waals surface area contributed by atoms with Crippen molar-refractivity contribution < 1.29 is 27.4 Å². The van der Waals surface area contributed by atoms with E-state index in [0.717, 1.165) is 28.8 Å². The summed E-state index contributed by atoms with van der Waals surface area (Å²) >= 11 is 1.41. The van der Waals surface area contributed by atoms with Gasteiger partial charge in [-0.2, -0.15) is 0 Å². The van der Waals surface area contributed by atoms with Gasteiger partial charge in [-0.05, 0) is 61.7 Å². The van der Waals surface area contributed by atoms with Crippen molar-refractivity contribution in [3.8, 4) is 11.5 Å². The first-order valence-electron chi connectivity index (χ1n) is 11.1. The van der Waals surface area contributed by atoms with Gasteiger partial charge in [0.2, 0.25) is 5.91 Å². The minimum absolute atomic E-state index is 0.0477. The van der Waals surface area contributed by atoms with Crippen molar-refractivity contribution >= 4 is 42.4 Å². The molecule has 0 radical (unpaired) electrons. The largest absolute Gasteiger partial charge is 0.497 e. The quantitative estimate of drug-likeness (QED) is 0.411. The Bertz CT molecular complexity index is 1230. The molecule has 0 N–H and O–H groups in total. The summed E-state index contributed by atoms with van der Waals surface area (Å²) in [7, 11) is -0.365. The van der Waals surface area contributed by atoms with E-state index >= 15 is 0 Å². The molecule has 182 valence electrons. The number of thiazole rings is 1. The van der Waals surface area contributed by atoms with Crippen LogP contribution in [0.1, 0.15) is 25.7 Å². The van der Waals surface area contributed by atoms with Crippen molar-refractivity contribution in [2.75, 3.05) is 38.0 Å². The van der Waals surface area contributed by atoms with E-state index < -0.39 is 9.84 Å². The normalized spacial score (nSPS) is 16.0. The van der Waals surface area contributed by atoms with Gasteiger partial charge in [-0.3, -0.25) is 9.69 Å². The molecule has 1 fully saturated rings. The summed E-state index contributed by atoms with van der Waals surface area (Å²) in [6.45, 7) is 1.09. The first kappa shape index (κ1) is 24.4. The third-order valence-electron chi connectivity index (χ3n) is 5.75. The number of fused-ring (bicyclic) bond motifs is 1. The van der Waals surface area contributed by atoms with Crippen LogP contribution in [0.4, 0.5) is 5.13 Å². The van der Waals surface area contributed by atoms with Gasteiger partial charge in [0.25, 0.3) is 0 Å². The number of aromatic nitrogens is 1. The maximum absolute atomic E-state index is 13.2. The summed E-state index contributed by atoms with van der Waals surface area (Å²) in [6, 6.07) is 11.9. The van der Waals surface area contributed by atoms with E-state index in [2.05, 4.69) is 4.98 Å². The lowest BCUT2D eigenvalue weighted by molar-refractivity contribution is -0.119. The number of anilines is 1. The van der Waals surface area contributed by atoms with E-state index in [-0.39, 0.29) is 35.5 Å². The molecule has 0 bridgehead atoms. The first-order valence-corrected chi connectivity index (χ1v) is 13.6. The average molecular weight is 505 g/mol. The minimum atomic E-state index is -3.50. The number of sulfone groups is 1. The summed E-state index contributed by atoms with van der Waals surface area (Å²) < 4.78 is 42.5. The van der Waals surface area contributed by atoms with Gasteiger partial charge < -0.3 is 14.2 Å².